The average molecular weight is 286 g/mol. The lowest BCUT2D eigenvalue weighted by Gasteiger charge is -2.20. The number of para-hydroxylation sites is 1. The van der Waals surface area contributed by atoms with Crippen molar-refractivity contribution >= 4 is 27.6 Å². The number of nitrogens with zero attached hydrogens (tertiary/aromatic N) is 1. The lowest BCUT2D eigenvalue weighted by Crippen LogP contribution is -2.19. The van der Waals surface area contributed by atoms with Gasteiger partial charge < -0.3 is 9.64 Å². The minimum atomic E-state index is -0.152. The minimum Gasteiger partial charge on any atom is -0.469 e. The maximum absolute atomic E-state index is 10.9. The van der Waals surface area contributed by atoms with Gasteiger partial charge in [0.25, 0.3) is 0 Å². The van der Waals surface area contributed by atoms with Crippen molar-refractivity contribution in [3.8, 4) is 0 Å². The molecule has 0 unspecified atom stereocenters. The lowest BCUT2D eigenvalue weighted by molar-refractivity contribution is -0.140. The molecule has 1 rings (SSSR count). The molecule has 0 N–H and O–H groups in total. The molecule has 0 fully saturated rings. The van der Waals surface area contributed by atoms with Gasteiger partial charge in [0.1, 0.15) is 0 Å². The second kappa shape index (κ2) is 6.53. The zero-order valence-corrected chi connectivity index (χ0v) is 11.2. The van der Waals surface area contributed by atoms with Gasteiger partial charge in [-0.2, -0.15) is 0 Å². The summed E-state index contributed by atoms with van der Waals surface area (Å²) >= 11 is 3.50. The smallest absolute Gasteiger partial charge is 0.305 e. The van der Waals surface area contributed by atoms with Crippen molar-refractivity contribution in [1.82, 2.24) is 0 Å². The molecule has 0 amide bonds. The van der Waals surface area contributed by atoms with E-state index in [0.717, 1.165) is 23.1 Å². The van der Waals surface area contributed by atoms with E-state index in [1.807, 2.05) is 31.3 Å². The first-order valence-electron chi connectivity index (χ1n) is 5.17. The van der Waals surface area contributed by atoms with Crippen LogP contribution in [0.5, 0.6) is 0 Å². The van der Waals surface area contributed by atoms with Gasteiger partial charge in [-0.05, 0) is 34.5 Å². The third kappa shape index (κ3) is 3.85. The molecule has 0 saturated heterocycles. The van der Waals surface area contributed by atoms with Crippen LogP contribution in [0.3, 0.4) is 0 Å². The topological polar surface area (TPSA) is 29.5 Å². The van der Waals surface area contributed by atoms with Gasteiger partial charge >= 0.3 is 5.97 Å². The van der Waals surface area contributed by atoms with E-state index in [1.54, 1.807) is 0 Å². The van der Waals surface area contributed by atoms with E-state index in [0.29, 0.717) is 6.42 Å². The summed E-state index contributed by atoms with van der Waals surface area (Å²) in [7, 11) is 3.43. The molecular weight excluding hydrogens is 270 g/mol. The molecule has 88 valence electrons. The van der Waals surface area contributed by atoms with Gasteiger partial charge in [-0.1, -0.05) is 12.1 Å². The highest BCUT2D eigenvalue weighted by molar-refractivity contribution is 9.10. The molecule has 1 aromatic carbocycles. The van der Waals surface area contributed by atoms with Gasteiger partial charge in [0.05, 0.1) is 12.8 Å². The molecule has 16 heavy (non-hydrogen) atoms. The molecule has 0 aliphatic rings. The van der Waals surface area contributed by atoms with Crippen LogP contribution in [0.4, 0.5) is 5.69 Å². The van der Waals surface area contributed by atoms with Crippen LogP contribution in [0, 0.1) is 0 Å². The number of methoxy groups -OCH3 is 1. The van der Waals surface area contributed by atoms with Crippen LogP contribution >= 0.6 is 15.9 Å². The molecule has 0 saturated carbocycles. The number of benzene rings is 1. The standard InChI is InChI=1S/C12H16BrNO2/c1-14(9-5-8-12(15)16-2)11-7-4-3-6-10(11)13/h3-4,6-7H,5,8-9H2,1-2H3. The number of hydrogen-bond donors (Lipinski definition) is 0. The molecule has 0 spiro atoms. The zero-order valence-electron chi connectivity index (χ0n) is 9.57. The molecule has 0 aliphatic carbocycles. The predicted molar refractivity (Wildman–Crippen MR) is 68.7 cm³/mol. The summed E-state index contributed by atoms with van der Waals surface area (Å²) < 4.78 is 5.66. The van der Waals surface area contributed by atoms with Crippen molar-refractivity contribution in [2.75, 3.05) is 25.6 Å². The van der Waals surface area contributed by atoms with Crippen LogP contribution in [0.2, 0.25) is 0 Å². The third-order valence-corrected chi connectivity index (χ3v) is 3.04. The Morgan fingerprint density at radius 2 is 2.12 bits per heavy atom. The van der Waals surface area contributed by atoms with Crippen molar-refractivity contribution < 1.29 is 9.53 Å². The zero-order chi connectivity index (χ0) is 12.0. The summed E-state index contributed by atoms with van der Waals surface area (Å²) in [6.45, 7) is 0.831. The normalized spacial score (nSPS) is 9.94. The Balaban J connectivity index is 2.44. The van der Waals surface area contributed by atoms with E-state index in [1.165, 1.54) is 7.11 Å². The highest BCUT2D eigenvalue weighted by Crippen LogP contribution is 2.24. The molecule has 0 atom stereocenters. The number of rotatable bonds is 5. The van der Waals surface area contributed by atoms with Crippen molar-refractivity contribution in [2.24, 2.45) is 0 Å². The molecule has 0 heterocycles. The van der Waals surface area contributed by atoms with Gasteiger partial charge in [-0.3, -0.25) is 4.79 Å². The monoisotopic (exact) mass is 285 g/mol. The van der Waals surface area contributed by atoms with Crippen LogP contribution in [0.15, 0.2) is 28.7 Å². The SMILES string of the molecule is COC(=O)CCCN(C)c1ccccc1Br. The molecule has 4 heteroatoms. The molecule has 3 nitrogen and oxygen atoms in total. The van der Waals surface area contributed by atoms with Crippen molar-refractivity contribution in [3.63, 3.8) is 0 Å². The van der Waals surface area contributed by atoms with Crippen LogP contribution in [0.25, 0.3) is 0 Å². The van der Waals surface area contributed by atoms with Crippen molar-refractivity contribution in [2.45, 2.75) is 12.8 Å². The quantitative estimate of drug-likeness (QED) is 0.779. The first kappa shape index (κ1) is 13.0. The fourth-order valence-corrected chi connectivity index (χ4v) is 2.03. The second-order valence-electron chi connectivity index (χ2n) is 3.55. The minimum absolute atomic E-state index is 0.152. The summed E-state index contributed by atoms with van der Waals surface area (Å²) in [5.74, 6) is -0.152. The Hall–Kier alpha value is -1.03. The number of esters is 1. The number of ether oxygens (including phenoxy) is 1. The van der Waals surface area contributed by atoms with Crippen molar-refractivity contribution in [3.05, 3.63) is 28.7 Å². The second-order valence-corrected chi connectivity index (χ2v) is 4.41. The van der Waals surface area contributed by atoms with E-state index in [2.05, 4.69) is 25.6 Å². The van der Waals surface area contributed by atoms with Gasteiger partial charge in [0.2, 0.25) is 0 Å². The number of carbonyl (C=O) groups excluding carboxylic acids is 1. The summed E-state index contributed by atoms with van der Waals surface area (Å²) in [6, 6.07) is 8.03. The Labute approximate surface area is 105 Å². The molecule has 0 aromatic heterocycles. The van der Waals surface area contributed by atoms with Crippen LogP contribution in [-0.4, -0.2) is 26.7 Å². The molecule has 1 aromatic rings. The van der Waals surface area contributed by atoms with E-state index in [-0.39, 0.29) is 5.97 Å². The number of carbonyl (C=O) groups is 1. The molecule has 0 radical (unpaired) electrons. The fraction of sp³-hybridized carbons (Fsp3) is 0.417. The van der Waals surface area contributed by atoms with Gasteiger partial charge in [0.15, 0.2) is 0 Å². The summed E-state index contributed by atoms with van der Waals surface area (Å²) in [6.07, 6.45) is 1.26. The largest absolute Gasteiger partial charge is 0.469 e. The lowest BCUT2D eigenvalue weighted by atomic mass is 10.2. The van der Waals surface area contributed by atoms with E-state index < -0.39 is 0 Å². The third-order valence-electron chi connectivity index (χ3n) is 2.37. The highest BCUT2D eigenvalue weighted by atomic mass is 79.9. The van der Waals surface area contributed by atoms with Gasteiger partial charge in [-0.15, -0.1) is 0 Å². The van der Waals surface area contributed by atoms with E-state index >= 15 is 0 Å². The van der Waals surface area contributed by atoms with Gasteiger partial charge in [0, 0.05) is 24.5 Å². The Kier molecular flexibility index (Phi) is 5.32. The number of hydrogen-bond acceptors (Lipinski definition) is 3. The van der Waals surface area contributed by atoms with Gasteiger partial charge in [-0.25, -0.2) is 0 Å². The maximum atomic E-state index is 10.9. The van der Waals surface area contributed by atoms with E-state index in [4.69, 9.17) is 0 Å². The summed E-state index contributed by atoms with van der Waals surface area (Å²) in [5.41, 5.74) is 1.13. The summed E-state index contributed by atoms with van der Waals surface area (Å²) in [5, 5.41) is 0. The maximum Gasteiger partial charge on any atom is 0.305 e. The van der Waals surface area contributed by atoms with Crippen molar-refractivity contribution in [1.29, 1.82) is 0 Å². The Bertz CT molecular complexity index is 355. The van der Waals surface area contributed by atoms with E-state index in [9.17, 15) is 4.79 Å². The Morgan fingerprint density at radius 1 is 1.44 bits per heavy atom. The number of halogens is 1. The first-order chi connectivity index (χ1) is 7.65. The molecule has 0 aliphatic heterocycles. The van der Waals surface area contributed by atoms with Crippen LogP contribution in [0.1, 0.15) is 12.8 Å². The van der Waals surface area contributed by atoms with Crippen LogP contribution in [-0.2, 0) is 9.53 Å². The molecule has 0 bridgehead atoms. The first-order valence-corrected chi connectivity index (χ1v) is 5.97. The predicted octanol–water partition coefficient (Wildman–Crippen LogP) is 2.84. The highest BCUT2D eigenvalue weighted by Gasteiger charge is 2.06. The average Bonchev–Trinajstić information content (AvgIpc) is 2.29. The number of anilines is 1. The fourth-order valence-electron chi connectivity index (χ4n) is 1.44. The van der Waals surface area contributed by atoms with Crippen LogP contribution < -0.4 is 4.90 Å². The Morgan fingerprint density at radius 3 is 2.75 bits per heavy atom. The summed E-state index contributed by atoms with van der Waals surface area (Å²) in [4.78, 5) is 13.1. The molecular formula is C12H16BrNO2.